The van der Waals surface area contributed by atoms with E-state index in [1.165, 1.54) is 5.56 Å². The fraction of sp³-hybridized carbons (Fsp3) is 0.143. The average molecular weight is 351 g/mol. The summed E-state index contributed by atoms with van der Waals surface area (Å²) in [5, 5.41) is 0. The first-order valence-corrected chi connectivity index (χ1v) is 9.65. The van der Waals surface area contributed by atoms with E-state index in [2.05, 4.69) is 4.72 Å². The molecule has 3 aromatic carbocycles. The molecule has 4 heteroatoms. The van der Waals surface area contributed by atoms with Crippen molar-refractivity contribution in [2.45, 2.75) is 24.8 Å². The lowest BCUT2D eigenvalue weighted by molar-refractivity contribution is 0.572. The summed E-state index contributed by atoms with van der Waals surface area (Å²) in [7, 11) is -3.63. The van der Waals surface area contributed by atoms with Crippen LogP contribution in [0, 0.1) is 13.8 Å². The Labute approximate surface area is 149 Å². The molecule has 1 unspecified atom stereocenters. The second kappa shape index (κ2) is 7.21. The van der Waals surface area contributed by atoms with Gasteiger partial charge in [-0.3, -0.25) is 0 Å². The Kier molecular flexibility index (Phi) is 5.02. The molecule has 3 aromatic rings. The van der Waals surface area contributed by atoms with Crippen molar-refractivity contribution < 1.29 is 8.42 Å². The zero-order chi connectivity index (χ0) is 17.9. The molecule has 0 saturated carbocycles. The maximum atomic E-state index is 12.8. The Hall–Kier alpha value is -2.43. The minimum absolute atomic E-state index is 0.264. The zero-order valence-electron chi connectivity index (χ0n) is 14.3. The largest absolute Gasteiger partial charge is 0.241 e. The summed E-state index contributed by atoms with van der Waals surface area (Å²) in [5.41, 5.74) is 4.15. The Bertz CT molecular complexity index is 952. The molecule has 0 bridgehead atoms. The molecule has 3 nitrogen and oxygen atoms in total. The Morgan fingerprint density at radius 2 is 1.32 bits per heavy atom. The molecule has 25 heavy (non-hydrogen) atoms. The fourth-order valence-corrected chi connectivity index (χ4v) is 3.98. The quantitative estimate of drug-likeness (QED) is 0.742. The van der Waals surface area contributed by atoms with E-state index in [1.807, 2.05) is 62.4 Å². The molecule has 0 radical (unpaired) electrons. The van der Waals surface area contributed by atoms with Crippen molar-refractivity contribution in [1.29, 1.82) is 0 Å². The minimum atomic E-state index is -3.63. The Balaban J connectivity index is 2.05. The third kappa shape index (κ3) is 3.98. The van der Waals surface area contributed by atoms with Gasteiger partial charge >= 0.3 is 0 Å². The van der Waals surface area contributed by atoms with Crippen molar-refractivity contribution >= 4 is 10.0 Å². The van der Waals surface area contributed by atoms with Gasteiger partial charge in [-0.05, 0) is 48.2 Å². The van der Waals surface area contributed by atoms with Crippen LogP contribution in [0.4, 0.5) is 0 Å². The summed E-state index contributed by atoms with van der Waals surface area (Å²) in [6.45, 7) is 4.08. The first-order chi connectivity index (χ1) is 12.0. The van der Waals surface area contributed by atoms with Crippen LogP contribution in [-0.2, 0) is 10.0 Å². The summed E-state index contributed by atoms with van der Waals surface area (Å²) in [6.07, 6.45) is 0. The first kappa shape index (κ1) is 17.4. The maximum Gasteiger partial charge on any atom is 0.241 e. The van der Waals surface area contributed by atoms with Crippen LogP contribution in [0.2, 0.25) is 0 Å². The van der Waals surface area contributed by atoms with Gasteiger partial charge < -0.3 is 0 Å². The highest BCUT2D eigenvalue weighted by Gasteiger charge is 2.23. The summed E-state index contributed by atoms with van der Waals surface area (Å²) < 4.78 is 28.5. The van der Waals surface area contributed by atoms with E-state index >= 15 is 0 Å². The molecule has 0 heterocycles. The highest BCUT2D eigenvalue weighted by Crippen LogP contribution is 2.26. The molecule has 128 valence electrons. The van der Waals surface area contributed by atoms with Gasteiger partial charge in [0.05, 0.1) is 10.9 Å². The normalized spacial score (nSPS) is 12.7. The molecule has 0 spiro atoms. The second-order valence-electron chi connectivity index (χ2n) is 6.12. The Morgan fingerprint density at radius 1 is 0.720 bits per heavy atom. The van der Waals surface area contributed by atoms with Gasteiger partial charge in [-0.1, -0.05) is 66.7 Å². The van der Waals surface area contributed by atoms with Crippen molar-refractivity contribution in [2.24, 2.45) is 0 Å². The maximum absolute atomic E-state index is 12.8. The van der Waals surface area contributed by atoms with Crippen LogP contribution in [-0.4, -0.2) is 8.42 Å². The lowest BCUT2D eigenvalue weighted by Crippen LogP contribution is -2.29. The van der Waals surface area contributed by atoms with Gasteiger partial charge in [-0.2, -0.15) is 4.72 Å². The lowest BCUT2D eigenvalue weighted by atomic mass is 9.96. The third-order valence-electron chi connectivity index (χ3n) is 4.32. The molecule has 1 atom stereocenters. The monoisotopic (exact) mass is 351 g/mol. The third-order valence-corrected chi connectivity index (χ3v) is 5.76. The van der Waals surface area contributed by atoms with Gasteiger partial charge in [0.15, 0.2) is 0 Å². The molecule has 0 fully saturated rings. The van der Waals surface area contributed by atoms with Crippen molar-refractivity contribution in [1.82, 2.24) is 4.72 Å². The van der Waals surface area contributed by atoms with Gasteiger partial charge in [0.2, 0.25) is 10.0 Å². The van der Waals surface area contributed by atoms with E-state index in [0.29, 0.717) is 0 Å². The van der Waals surface area contributed by atoms with Crippen molar-refractivity contribution in [3.05, 3.63) is 101 Å². The molecular formula is C21H21NO2S. The second-order valence-corrected chi connectivity index (χ2v) is 7.84. The Morgan fingerprint density at radius 3 is 1.92 bits per heavy atom. The van der Waals surface area contributed by atoms with E-state index in [1.54, 1.807) is 30.3 Å². The first-order valence-electron chi connectivity index (χ1n) is 8.17. The van der Waals surface area contributed by atoms with Crippen molar-refractivity contribution in [2.75, 3.05) is 0 Å². The van der Waals surface area contributed by atoms with Crippen LogP contribution < -0.4 is 4.72 Å². The molecule has 0 saturated heterocycles. The number of hydrogen-bond donors (Lipinski definition) is 1. The van der Waals surface area contributed by atoms with Gasteiger partial charge in [0.1, 0.15) is 0 Å². The fourth-order valence-electron chi connectivity index (χ4n) is 2.74. The van der Waals surface area contributed by atoms with Gasteiger partial charge in [-0.15, -0.1) is 0 Å². The molecule has 0 aliphatic carbocycles. The molecular weight excluding hydrogens is 330 g/mol. The number of rotatable bonds is 5. The lowest BCUT2D eigenvalue weighted by Gasteiger charge is -2.21. The number of sulfonamides is 1. The van der Waals surface area contributed by atoms with Crippen LogP contribution in [0.25, 0.3) is 0 Å². The van der Waals surface area contributed by atoms with E-state index in [-0.39, 0.29) is 4.90 Å². The van der Waals surface area contributed by atoms with E-state index in [4.69, 9.17) is 0 Å². The predicted molar refractivity (Wildman–Crippen MR) is 101 cm³/mol. The number of benzene rings is 3. The summed E-state index contributed by atoms with van der Waals surface area (Å²) in [5.74, 6) is 0. The molecule has 1 N–H and O–H groups in total. The van der Waals surface area contributed by atoms with E-state index in [9.17, 15) is 8.42 Å². The SMILES string of the molecule is Cc1ccc(C(NS(=O)(=O)c2ccccc2)c2ccccc2)cc1C. The smallest absolute Gasteiger partial charge is 0.207 e. The standard InChI is InChI=1S/C21H21NO2S/c1-16-13-14-19(15-17(16)2)21(18-9-5-3-6-10-18)22-25(23,24)20-11-7-4-8-12-20/h3-15,21-22H,1-2H3. The van der Waals surface area contributed by atoms with Gasteiger partial charge in [-0.25, -0.2) is 8.42 Å². The van der Waals surface area contributed by atoms with E-state index < -0.39 is 16.1 Å². The minimum Gasteiger partial charge on any atom is -0.207 e. The average Bonchev–Trinajstić information content (AvgIpc) is 2.64. The van der Waals surface area contributed by atoms with Gasteiger partial charge in [0, 0.05) is 0 Å². The van der Waals surface area contributed by atoms with Crippen molar-refractivity contribution in [3.63, 3.8) is 0 Å². The van der Waals surface area contributed by atoms with Crippen LogP contribution in [0.15, 0.2) is 83.8 Å². The summed E-state index contributed by atoms with van der Waals surface area (Å²) in [6, 6.07) is 23.7. The van der Waals surface area contributed by atoms with Crippen LogP contribution in [0.1, 0.15) is 28.3 Å². The highest BCUT2D eigenvalue weighted by molar-refractivity contribution is 7.89. The summed E-state index contributed by atoms with van der Waals surface area (Å²) in [4.78, 5) is 0.264. The molecule has 0 aliphatic heterocycles. The van der Waals surface area contributed by atoms with E-state index in [0.717, 1.165) is 16.7 Å². The molecule has 0 aromatic heterocycles. The zero-order valence-corrected chi connectivity index (χ0v) is 15.1. The number of nitrogens with one attached hydrogen (secondary N) is 1. The molecule has 0 aliphatic rings. The van der Waals surface area contributed by atoms with Crippen LogP contribution in [0.3, 0.4) is 0 Å². The molecule has 3 rings (SSSR count). The van der Waals surface area contributed by atoms with Crippen LogP contribution >= 0.6 is 0 Å². The number of aryl methyl sites for hydroxylation is 2. The van der Waals surface area contributed by atoms with Gasteiger partial charge in [0.25, 0.3) is 0 Å². The van der Waals surface area contributed by atoms with Crippen LogP contribution in [0.5, 0.6) is 0 Å². The highest BCUT2D eigenvalue weighted by atomic mass is 32.2. The molecule has 0 amide bonds. The number of hydrogen-bond acceptors (Lipinski definition) is 2. The topological polar surface area (TPSA) is 46.2 Å². The van der Waals surface area contributed by atoms with Crippen molar-refractivity contribution in [3.8, 4) is 0 Å². The predicted octanol–water partition coefficient (Wildman–Crippen LogP) is 4.37. The summed E-state index contributed by atoms with van der Waals surface area (Å²) >= 11 is 0.